The minimum atomic E-state index is -1.63. The molecule has 0 radical (unpaired) electrons. The number of aromatic carboxylic acids is 2. The number of carboxylic acid groups (broad SMARTS) is 2. The van der Waals surface area contributed by atoms with E-state index in [1.807, 2.05) is 24.0 Å². The lowest BCUT2D eigenvalue weighted by atomic mass is 9.95. The number of anilines is 2. The highest BCUT2D eigenvalue weighted by Gasteiger charge is 2.27. The Morgan fingerprint density at radius 1 is 1.00 bits per heavy atom. The van der Waals surface area contributed by atoms with Crippen LogP contribution in [0.4, 0.5) is 11.5 Å². The van der Waals surface area contributed by atoms with E-state index >= 15 is 0 Å². The number of benzene rings is 2. The number of nitrogens with one attached hydrogen (secondary N) is 2. The van der Waals surface area contributed by atoms with Crippen LogP contribution in [0.2, 0.25) is 0 Å². The van der Waals surface area contributed by atoms with Crippen LogP contribution in [0.15, 0.2) is 47.3 Å². The molecule has 0 fully saturated rings. The number of aromatic amines is 1. The number of nitrogen functional groups attached to an aromatic ring is 1. The maximum Gasteiger partial charge on any atom is 0.342 e. The summed E-state index contributed by atoms with van der Waals surface area (Å²) in [6.07, 6.45) is 0. The van der Waals surface area contributed by atoms with Gasteiger partial charge in [-0.1, -0.05) is 24.3 Å². The average Bonchev–Trinajstić information content (AvgIpc) is 2.78. The molecule has 2 aromatic carbocycles. The normalized spacial score (nSPS) is 10.5. The van der Waals surface area contributed by atoms with Gasteiger partial charge >= 0.3 is 11.9 Å². The first kappa shape index (κ1) is 24.8. The number of ether oxygens (including phenoxy) is 2. The monoisotopic (exact) mass is 481 g/mol. The molecule has 0 saturated heterocycles. The number of hydrogen-bond donors (Lipinski definition) is 5. The number of amides is 1. The molecule has 0 atom stereocenters. The zero-order valence-corrected chi connectivity index (χ0v) is 18.9. The molecule has 1 aromatic heterocycles. The highest BCUT2D eigenvalue weighted by Crippen LogP contribution is 2.36. The molecular weight excluding hydrogens is 458 g/mol. The van der Waals surface area contributed by atoms with E-state index in [-0.39, 0.29) is 35.8 Å². The van der Waals surface area contributed by atoms with Gasteiger partial charge in [0.25, 0.3) is 11.5 Å². The van der Waals surface area contributed by atoms with Gasteiger partial charge in [0.1, 0.15) is 16.9 Å². The van der Waals surface area contributed by atoms with Gasteiger partial charge in [-0.15, -0.1) is 0 Å². The van der Waals surface area contributed by atoms with Gasteiger partial charge in [-0.05, 0) is 43.2 Å². The molecule has 0 spiro atoms. The van der Waals surface area contributed by atoms with Crippen LogP contribution in [0, 0.1) is 6.92 Å². The lowest BCUT2D eigenvalue weighted by Crippen LogP contribution is -2.24. The van der Waals surface area contributed by atoms with Gasteiger partial charge in [0.15, 0.2) is 18.1 Å². The van der Waals surface area contributed by atoms with Crippen LogP contribution in [0.1, 0.15) is 33.2 Å². The second-order valence-corrected chi connectivity index (χ2v) is 7.35. The Hall–Kier alpha value is -4.80. The molecule has 3 rings (SSSR count). The van der Waals surface area contributed by atoms with E-state index in [2.05, 4.69) is 5.32 Å². The molecule has 0 bridgehead atoms. The van der Waals surface area contributed by atoms with Crippen LogP contribution < -0.4 is 26.1 Å². The molecule has 11 nitrogen and oxygen atoms in total. The van der Waals surface area contributed by atoms with Crippen molar-refractivity contribution in [1.82, 2.24) is 4.98 Å². The quantitative estimate of drug-likeness (QED) is 0.307. The lowest BCUT2D eigenvalue weighted by Gasteiger charge is -2.16. The molecule has 182 valence electrons. The van der Waals surface area contributed by atoms with Gasteiger partial charge in [0.2, 0.25) is 0 Å². The molecule has 0 saturated carbocycles. The number of carboxylic acids is 2. The summed E-state index contributed by atoms with van der Waals surface area (Å²) >= 11 is 0. The Kier molecular flexibility index (Phi) is 7.40. The minimum Gasteiger partial charge on any atom is -0.490 e. The molecule has 1 amide bonds. The zero-order valence-electron chi connectivity index (χ0n) is 18.9. The van der Waals surface area contributed by atoms with Crippen LogP contribution in [0.3, 0.4) is 0 Å². The van der Waals surface area contributed by atoms with Crippen molar-refractivity contribution in [3.63, 3.8) is 0 Å². The van der Waals surface area contributed by atoms with Crippen molar-refractivity contribution in [1.29, 1.82) is 0 Å². The van der Waals surface area contributed by atoms with Gasteiger partial charge < -0.3 is 35.7 Å². The number of carbonyl (C=O) groups is 3. The van der Waals surface area contributed by atoms with Gasteiger partial charge in [-0.3, -0.25) is 9.59 Å². The van der Waals surface area contributed by atoms with E-state index in [1.54, 1.807) is 19.1 Å². The van der Waals surface area contributed by atoms with E-state index in [1.165, 1.54) is 18.2 Å². The largest absolute Gasteiger partial charge is 0.490 e. The van der Waals surface area contributed by atoms with Crippen molar-refractivity contribution in [3.8, 4) is 22.6 Å². The fraction of sp³-hybridized carbons (Fsp3) is 0.167. The molecule has 0 aliphatic carbocycles. The van der Waals surface area contributed by atoms with Crippen LogP contribution in [0.5, 0.6) is 11.5 Å². The molecule has 3 aromatic rings. The highest BCUT2D eigenvalue weighted by atomic mass is 16.5. The fourth-order valence-corrected chi connectivity index (χ4v) is 3.43. The number of para-hydroxylation sites is 1. The first-order chi connectivity index (χ1) is 16.6. The molecular formula is C24H23N3O8. The summed E-state index contributed by atoms with van der Waals surface area (Å²) in [5.74, 6) is -3.80. The second kappa shape index (κ2) is 10.4. The minimum absolute atomic E-state index is 0.0535. The van der Waals surface area contributed by atoms with Gasteiger partial charge in [-0.2, -0.15) is 0 Å². The maximum atomic E-state index is 12.4. The Bertz CT molecular complexity index is 1360. The summed E-state index contributed by atoms with van der Waals surface area (Å²) < 4.78 is 11.2. The van der Waals surface area contributed by atoms with Crippen molar-refractivity contribution < 1.29 is 34.1 Å². The van der Waals surface area contributed by atoms with E-state index < -0.39 is 40.3 Å². The van der Waals surface area contributed by atoms with Crippen LogP contribution in [0.25, 0.3) is 11.1 Å². The van der Waals surface area contributed by atoms with Crippen molar-refractivity contribution >= 4 is 29.4 Å². The summed E-state index contributed by atoms with van der Waals surface area (Å²) in [5, 5.41) is 21.9. The average molecular weight is 481 g/mol. The molecule has 0 unspecified atom stereocenters. The number of pyridine rings is 1. The summed E-state index contributed by atoms with van der Waals surface area (Å²) in [7, 11) is 0. The second-order valence-electron chi connectivity index (χ2n) is 7.35. The number of rotatable bonds is 9. The first-order valence-electron chi connectivity index (χ1n) is 10.4. The van der Waals surface area contributed by atoms with Crippen molar-refractivity contribution in [2.75, 3.05) is 24.3 Å². The predicted molar refractivity (Wildman–Crippen MR) is 127 cm³/mol. The number of aromatic nitrogens is 1. The van der Waals surface area contributed by atoms with Crippen LogP contribution in [-0.4, -0.2) is 46.3 Å². The van der Waals surface area contributed by atoms with E-state index in [0.717, 1.165) is 5.56 Å². The molecule has 1 heterocycles. The van der Waals surface area contributed by atoms with Crippen molar-refractivity contribution in [2.24, 2.45) is 0 Å². The third-order valence-corrected chi connectivity index (χ3v) is 4.98. The van der Waals surface area contributed by atoms with E-state index in [0.29, 0.717) is 5.69 Å². The number of nitrogens with two attached hydrogens (primary N) is 1. The number of hydrogen-bond acceptors (Lipinski definition) is 7. The number of aryl methyl sites for hydroxylation is 1. The third kappa shape index (κ3) is 5.41. The summed E-state index contributed by atoms with van der Waals surface area (Å²) in [4.78, 5) is 50.3. The first-order valence-corrected chi connectivity index (χ1v) is 10.4. The smallest absolute Gasteiger partial charge is 0.342 e. The fourth-order valence-electron chi connectivity index (χ4n) is 3.43. The molecule has 35 heavy (non-hydrogen) atoms. The predicted octanol–water partition coefficient (Wildman–Crippen LogP) is 2.75. The van der Waals surface area contributed by atoms with Gasteiger partial charge in [0.05, 0.1) is 6.61 Å². The Morgan fingerprint density at radius 2 is 1.69 bits per heavy atom. The Morgan fingerprint density at radius 3 is 2.31 bits per heavy atom. The topological polar surface area (TPSA) is 181 Å². The summed E-state index contributed by atoms with van der Waals surface area (Å²) in [5.41, 5.74) is 4.45. The maximum absolute atomic E-state index is 12.4. The number of H-pyrrole nitrogens is 1. The van der Waals surface area contributed by atoms with E-state index in [4.69, 9.17) is 15.2 Å². The summed E-state index contributed by atoms with van der Waals surface area (Å²) in [6, 6.07) is 11.3. The molecule has 6 N–H and O–H groups in total. The Balaban J connectivity index is 1.98. The number of carbonyl (C=O) groups excluding carboxylic acids is 1. The van der Waals surface area contributed by atoms with Crippen LogP contribution in [-0.2, 0) is 4.79 Å². The van der Waals surface area contributed by atoms with Gasteiger partial charge in [-0.25, -0.2) is 9.59 Å². The highest BCUT2D eigenvalue weighted by molar-refractivity contribution is 6.07. The summed E-state index contributed by atoms with van der Waals surface area (Å²) in [6.45, 7) is 3.37. The zero-order chi connectivity index (χ0) is 25.7. The van der Waals surface area contributed by atoms with Crippen molar-refractivity contribution in [2.45, 2.75) is 13.8 Å². The molecule has 0 aliphatic rings. The molecule has 0 aliphatic heterocycles. The van der Waals surface area contributed by atoms with Gasteiger partial charge in [0, 0.05) is 11.3 Å². The Labute approximate surface area is 199 Å². The lowest BCUT2D eigenvalue weighted by molar-refractivity contribution is -0.118. The SMILES string of the molecule is CCOc1cc(-c2c(C(=O)O)c(N)[nH]c(=O)c2C(=O)O)ccc1OCC(=O)Nc1ccccc1C. The standard InChI is InChI=1S/C24H23N3O8/c1-3-34-16-10-13(18-19(23(30)31)21(25)27-22(29)20(18)24(32)33)8-9-15(16)35-11-17(28)26-14-7-5-4-6-12(14)2/h4-10H,3,11H2,1-2H3,(H,26,28)(H,30,31)(H,32,33)(H3,25,27,29). The van der Waals surface area contributed by atoms with E-state index in [9.17, 15) is 29.4 Å². The molecule has 11 heteroatoms. The third-order valence-electron chi connectivity index (χ3n) is 4.98. The van der Waals surface area contributed by atoms with Crippen LogP contribution >= 0.6 is 0 Å². The van der Waals surface area contributed by atoms with Crippen molar-refractivity contribution in [3.05, 3.63) is 69.5 Å².